The predicted molar refractivity (Wildman–Crippen MR) is 85.8 cm³/mol. The molecule has 0 radical (unpaired) electrons. The van der Waals surface area contributed by atoms with Crippen molar-refractivity contribution in [2.45, 2.75) is 6.92 Å². The van der Waals surface area contributed by atoms with Crippen LogP contribution in [0, 0.1) is 6.92 Å². The van der Waals surface area contributed by atoms with Crippen LogP contribution in [0.25, 0.3) is 6.08 Å². The van der Waals surface area contributed by atoms with Gasteiger partial charge in [0.2, 0.25) is 0 Å². The lowest BCUT2D eigenvalue weighted by molar-refractivity contribution is 0.414. The molecule has 2 N–H and O–H groups in total. The van der Waals surface area contributed by atoms with Gasteiger partial charge in [-0.1, -0.05) is 18.2 Å². The normalized spacial score (nSPS) is 11.3. The van der Waals surface area contributed by atoms with E-state index in [1.54, 1.807) is 19.3 Å². The fourth-order valence-electron chi connectivity index (χ4n) is 1.90. The molecule has 0 aliphatic rings. The maximum absolute atomic E-state index is 11.8. The van der Waals surface area contributed by atoms with Crippen LogP contribution in [-0.4, -0.2) is 18.0 Å². The highest BCUT2D eigenvalue weighted by molar-refractivity contribution is 5.79. The van der Waals surface area contributed by atoms with Gasteiger partial charge in [0.15, 0.2) is 0 Å². The molecule has 0 aliphatic carbocycles. The molecule has 108 valence electrons. The summed E-state index contributed by atoms with van der Waals surface area (Å²) in [5.41, 5.74) is 7.25. The SMILES string of the molecule is COc1ccccc1/C=C/C=N\n1c(N)cc(C)cc1=O. The van der Waals surface area contributed by atoms with Crippen molar-refractivity contribution in [3.05, 3.63) is 64.0 Å². The molecule has 2 aromatic rings. The Morgan fingerprint density at radius 2 is 2.05 bits per heavy atom. The molecule has 0 fully saturated rings. The monoisotopic (exact) mass is 283 g/mol. The largest absolute Gasteiger partial charge is 0.496 e. The third-order valence-electron chi connectivity index (χ3n) is 2.86. The van der Waals surface area contributed by atoms with Crippen LogP contribution in [0.3, 0.4) is 0 Å². The number of pyridine rings is 1. The molecule has 2 rings (SSSR count). The Morgan fingerprint density at radius 3 is 2.76 bits per heavy atom. The minimum atomic E-state index is -0.255. The van der Waals surface area contributed by atoms with Crippen molar-refractivity contribution in [2.24, 2.45) is 5.10 Å². The van der Waals surface area contributed by atoms with Gasteiger partial charge in [-0.2, -0.15) is 9.78 Å². The van der Waals surface area contributed by atoms with E-state index >= 15 is 0 Å². The van der Waals surface area contributed by atoms with Crippen LogP contribution in [0.1, 0.15) is 11.1 Å². The van der Waals surface area contributed by atoms with Crippen LogP contribution in [0.5, 0.6) is 5.75 Å². The van der Waals surface area contributed by atoms with Crippen molar-refractivity contribution in [3.63, 3.8) is 0 Å². The molecule has 0 bridgehead atoms. The van der Waals surface area contributed by atoms with Gasteiger partial charge in [-0.3, -0.25) is 4.79 Å². The van der Waals surface area contributed by atoms with Gasteiger partial charge in [0, 0.05) is 17.8 Å². The maximum atomic E-state index is 11.8. The lowest BCUT2D eigenvalue weighted by Crippen LogP contribution is -2.18. The van der Waals surface area contributed by atoms with Gasteiger partial charge < -0.3 is 10.5 Å². The molecule has 0 spiro atoms. The Balaban J connectivity index is 2.20. The molecule has 0 saturated heterocycles. The first-order chi connectivity index (χ1) is 10.1. The summed E-state index contributed by atoms with van der Waals surface area (Å²) in [6, 6.07) is 10.8. The van der Waals surface area contributed by atoms with Gasteiger partial charge in [-0.25, -0.2) is 0 Å². The van der Waals surface area contributed by atoms with Crippen molar-refractivity contribution in [2.75, 3.05) is 12.8 Å². The van der Waals surface area contributed by atoms with Gasteiger partial charge >= 0.3 is 0 Å². The molecule has 0 aliphatic heterocycles. The zero-order chi connectivity index (χ0) is 15.2. The molecule has 0 amide bonds. The van der Waals surface area contributed by atoms with Crippen molar-refractivity contribution >= 4 is 18.1 Å². The Kier molecular flexibility index (Phi) is 4.56. The highest BCUT2D eigenvalue weighted by Crippen LogP contribution is 2.18. The summed E-state index contributed by atoms with van der Waals surface area (Å²) in [4.78, 5) is 11.8. The van der Waals surface area contributed by atoms with Gasteiger partial charge in [0.25, 0.3) is 5.56 Å². The second kappa shape index (κ2) is 6.56. The number of nitrogens with two attached hydrogens (primary N) is 1. The highest BCUT2D eigenvalue weighted by Gasteiger charge is 1.99. The number of ether oxygens (including phenoxy) is 1. The number of nitrogens with zero attached hydrogens (tertiary/aromatic N) is 2. The summed E-state index contributed by atoms with van der Waals surface area (Å²) < 4.78 is 6.39. The predicted octanol–water partition coefficient (Wildman–Crippen LogP) is 2.29. The Bertz CT molecular complexity index is 745. The number of rotatable bonds is 4. The number of benzene rings is 1. The number of anilines is 1. The molecule has 1 aromatic carbocycles. The minimum absolute atomic E-state index is 0.255. The van der Waals surface area contributed by atoms with Crippen LogP contribution in [0.2, 0.25) is 0 Å². The van der Waals surface area contributed by atoms with E-state index in [0.717, 1.165) is 21.6 Å². The maximum Gasteiger partial charge on any atom is 0.273 e. The van der Waals surface area contributed by atoms with E-state index in [4.69, 9.17) is 10.5 Å². The number of para-hydroxylation sites is 1. The number of methoxy groups -OCH3 is 1. The second-order valence-electron chi connectivity index (χ2n) is 4.47. The average molecular weight is 283 g/mol. The molecular formula is C16H17N3O2. The van der Waals surface area contributed by atoms with Crippen molar-refractivity contribution in [3.8, 4) is 5.75 Å². The zero-order valence-corrected chi connectivity index (χ0v) is 12.0. The smallest absolute Gasteiger partial charge is 0.273 e. The van der Waals surface area contributed by atoms with Gasteiger partial charge in [-0.15, -0.1) is 0 Å². The van der Waals surface area contributed by atoms with Crippen molar-refractivity contribution in [1.82, 2.24) is 4.68 Å². The van der Waals surface area contributed by atoms with Gasteiger partial charge in [-0.05, 0) is 36.8 Å². The van der Waals surface area contributed by atoms with Crippen molar-refractivity contribution in [1.29, 1.82) is 0 Å². The molecule has 5 nitrogen and oxygen atoms in total. The summed E-state index contributed by atoms with van der Waals surface area (Å²) in [6.07, 6.45) is 5.08. The highest BCUT2D eigenvalue weighted by atomic mass is 16.5. The number of aromatic nitrogens is 1. The number of aryl methyl sites for hydroxylation is 1. The number of nitrogen functional groups attached to an aromatic ring is 1. The Hall–Kier alpha value is -2.82. The number of allylic oxidation sites excluding steroid dienone is 1. The van der Waals surface area contributed by atoms with E-state index in [1.165, 1.54) is 12.3 Å². The first-order valence-corrected chi connectivity index (χ1v) is 6.45. The molecule has 0 saturated carbocycles. The third kappa shape index (κ3) is 3.60. The molecular weight excluding hydrogens is 266 g/mol. The molecule has 21 heavy (non-hydrogen) atoms. The first-order valence-electron chi connectivity index (χ1n) is 6.45. The van der Waals surface area contributed by atoms with E-state index in [2.05, 4.69) is 5.10 Å². The molecule has 0 atom stereocenters. The lowest BCUT2D eigenvalue weighted by atomic mass is 10.2. The summed E-state index contributed by atoms with van der Waals surface area (Å²) in [6.45, 7) is 1.81. The van der Waals surface area contributed by atoms with Crippen LogP contribution in [0.15, 0.2) is 52.4 Å². The van der Waals surface area contributed by atoms with Crippen molar-refractivity contribution < 1.29 is 4.74 Å². The molecule has 0 unspecified atom stereocenters. The summed E-state index contributed by atoms with van der Waals surface area (Å²) >= 11 is 0. The van der Waals surface area contributed by atoms with E-state index in [9.17, 15) is 4.79 Å². The third-order valence-corrected chi connectivity index (χ3v) is 2.86. The second-order valence-corrected chi connectivity index (χ2v) is 4.47. The van der Waals surface area contributed by atoms with Crippen LogP contribution >= 0.6 is 0 Å². The molecule has 1 aromatic heterocycles. The Labute approximate surface area is 123 Å². The molecule has 5 heteroatoms. The molecule has 1 heterocycles. The zero-order valence-electron chi connectivity index (χ0n) is 12.0. The first kappa shape index (κ1) is 14.6. The summed E-state index contributed by atoms with van der Waals surface area (Å²) in [5, 5.41) is 4.04. The van der Waals surface area contributed by atoms with Gasteiger partial charge in [0.05, 0.1) is 7.11 Å². The lowest BCUT2D eigenvalue weighted by Gasteiger charge is -2.03. The van der Waals surface area contributed by atoms with Crippen LogP contribution in [-0.2, 0) is 0 Å². The van der Waals surface area contributed by atoms with E-state index in [0.29, 0.717) is 5.82 Å². The topological polar surface area (TPSA) is 69.6 Å². The fourth-order valence-corrected chi connectivity index (χ4v) is 1.90. The minimum Gasteiger partial charge on any atom is -0.496 e. The fraction of sp³-hybridized carbons (Fsp3) is 0.125. The van der Waals surface area contributed by atoms with Gasteiger partial charge in [0.1, 0.15) is 11.6 Å². The Morgan fingerprint density at radius 1 is 1.29 bits per heavy atom. The van der Waals surface area contributed by atoms with E-state index in [-0.39, 0.29) is 5.56 Å². The summed E-state index contributed by atoms with van der Waals surface area (Å²) in [7, 11) is 1.62. The summed E-state index contributed by atoms with van der Waals surface area (Å²) in [5.74, 6) is 1.08. The van der Waals surface area contributed by atoms with Crippen LogP contribution < -0.4 is 16.0 Å². The van der Waals surface area contributed by atoms with Crippen LogP contribution in [0.4, 0.5) is 5.82 Å². The number of hydrogen-bond donors (Lipinski definition) is 1. The standard InChI is InChI=1S/C16H17N3O2/c1-12-10-15(17)19(16(20)11-12)18-9-5-7-13-6-3-4-8-14(13)21-2/h3-11H,17H2,1-2H3/b7-5+,18-9-. The average Bonchev–Trinajstić information content (AvgIpc) is 2.45. The van der Waals surface area contributed by atoms with E-state index in [1.807, 2.05) is 37.3 Å². The number of hydrogen-bond acceptors (Lipinski definition) is 4. The quantitative estimate of drug-likeness (QED) is 0.875. The van der Waals surface area contributed by atoms with E-state index < -0.39 is 0 Å².